The Bertz CT molecular complexity index is 1380. The molecule has 10 nitrogen and oxygen atoms in total. The lowest BCUT2D eigenvalue weighted by Gasteiger charge is -2.16. The van der Waals surface area contributed by atoms with Crippen LogP contribution in [0.25, 0.3) is 11.2 Å². The molecule has 172 valence electrons. The molecule has 4 rings (SSSR count). The molecular weight excluding hydrogens is 448 g/mol. The van der Waals surface area contributed by atoms with Crippen LogP contribution < -0.4 is 21.3 Å². The first-order chi connectivity index (χ1) is 15.8. The molecule has 0 bridgehead atoms. The first kappa shape index (κ1) is 22.6. The van der Waals surface area contributed by atoms with Crippen molar-refractivity contribution < 1.29 is 9.84 Å². The molecule has 3 heterocycles. The number of hydrogen-bond donors (Lipinski definition) is 2. The van der Waals surface area contributed by atoms with Crippen molar-refractivity contribution in [3.63, 3.8) is 0 Å². The number of rotatable bonds is 8. The number of nitrogens with zero attached hydrogens (tertiary/aromatic N) is 5. The van der Waals surface area contributed by atoms with Crippen LogP contribution in [0.5, 0.6) is 5.75 Å². The minimum absolute atomic E-state index is 0.0184. The number of nitrogens with one attached hydrogen (secondary N) is 1. The lowest BCUT2D eigenvalue weighted by Crippen LogP contribution is -2.38. The fourth-order valence-electron chi connectivity index (χ4n) is 3.43. The molecule has 0 fully saturated rings. The van der Waals surface area contributed by atoms with Gasteiger partial charge in [0.15, 0.2) is 11.2 Å². The number of ether oxygens (including phenoxy) is 1. The van der Waals surface area contributed by atoms with Gasteiger partial charge in [-0.25, -0.2) is 4.79 Å². The van der Waals surface area contributed by atoms with E-state index < -0.39 is 17.4 Å². The fourth-order valence-corrected chi connectivity index (χ4v) is 3.56. The van der Waals surface area contributed by atoms with E-state index in [-0.39, 0.29) is 24.3 Å². The molecule has 0 saturated heterocycles. The Hall–Kier alpha value is -3.63. The van der Waals surface area contributed by atoms with E-state index >= 15 is 0 Å². The van der Waals surface area contributed by atoms with E-state index in [1.54, 1.807) is 48.3 Å². The zero-order valence-corrected chi connectivity index (χ0v) is 18.9. The van der Waals surface area contributed by atoms with E-state index in [9.17, 15) is 14.7 Å². The van der Waals surface area contributed by atoms with Gasteiger partial charge < -0.3 is 19.7 Å². The standard InChI is InChI=1S/C22H23ClN6O4/c1-27-19-18(20(31)28(2)22(27)32)29(21(26-19)25-11-14-4-3-9-24-10-14)12-16(30)13-33-17-7-5-15(23)6-8-17/h3-10,16,30H,11-13H2,1-2H3,(H,25,26)/t16-/m1/s1. The number of benzene rings is 1. The summed E-state index contributed by atoms with van der Waals surface area (Å²) in [5.74, 6) is 0.903. The zero-order chi connectivity index (χ0) is 23.5. The maximum Gasteiger partial charge on any atom is 0.332 e. The summed E-state index contributed by atoms with van der Waals surface area (Å²) in [6, 6.07) is 10.5. The maximum atomic E-state index is 12.9. The Morgan fingerprint density at radius 2 is 1.91 bits per heavy atom. The Balaban J connectivity index is 1.65. The smallest absolute Gasteiger partial charge is 0.332 e. The third-order valence-corrected chi connectivity index (χ3v) is 5.42. The number of fused-ring (bicyclic) bond motifs is 1. The molecule has 0 saturated carbocycles. The third-order valence-electron chi connectivity index (χ3n) is 5.17. The minimum atomic E-state index is -0.959. The first-order valence-corrected chi connectivity index (χ1v) is 10.6. The molecule has 1 aromatic carbocycles. The number of aryl methyl sites for hydroxylation is 1. The van der Waals surface area contributed by atoms with Crippen LogP contribution >= 0.6 is 11.6 Å². The van der Waals surface area contributed by atoms with Gasteiger partial charge in [0.05, 0.1) is 6.54 Å². The molecule has 33 heavy (non-hydrogen) atoms. The van der Waals surface area contributed by atoms with Crippen LogP contribution in [-0.2, 0) is 27.2 Å². The Morgan fingerprint density at radius 1 is 1.15 bits per heavy atom. The highest BCUT2D eigenvalue weighted by Crippen LogP contribution is 2.19. The van der Waals surface area contributed by atoms with Gasteiger partial charge in [-0.3, -0.25) is 18.9 Å². The number of aromatic nitrogens is 5. The molecule has 1 atom stereocenters. The highest BCUT2D eigenvalue weighted by Gasteiger charge is 2.21. The highest BCUT2D eigenvalue weighted by molar-refractivity contribution is 6.30. The van der Waals surface area contributed by atoms with E-state index in [2.05, 4.69) is 15.3 Å². The summed E-state index contributed by atoms with van der Waals surface area (Å²) in [7, 11) is 2.96. The van der Waals surface area contributed by atoms with E-state index in [4.69, 9.17) is 16.3 Å². The molecule has 0 radical (unpaired) electrons. The van der Waals surface area contributed by atoms with Crippen molar-refractivity contribution in [1.82, 2.24) is 23.7 Å². The summed E-state index contributed by atoms with van der Waals surface area (Å²) in [5, 5.41) is 14.4. The van der Waals surface area contributed by atoms with E-state index in [0.717, 1.165) is 10.1 Å². The van der Waals surface area contributed by atoms with Gasteiger partial charge in [0.1, 0.15) is 18.5 Å². The summed E-state index contributed by atoms with van der Waals surface area (Å²) in [6.07, 6.45) is 2.43. The molecule has 0 aliphatic rings. The molecule has 3 aromatic heterocycles. The Morgan fingerprint density at radius 3 is 2.61 bits per heavy atom. The molecule has 0 amide bonds. The second-order valence-electron chi connectivity index (χ2n) is 7.56. The molecule has 0 aliphatic carbocycles. The second-order valence-corrected chi connectivity index (χ2v) is 7.99. The third kappa shape index (κ3) is 4.76. The van der Waals surface area contributed by atoms with Gasteiger partial charge in [-0.1, -0.05) is 17.7 Å². The number of imidazole rings is 1. The average molecular weight is 471 g/mol. The van der Waals surface area contributed by atoms with Crippen molar-refractivity contribution in [2.24, 2.45) is 14.1 Å². The summed E-state index contributed by atoms with van der Waals surface area (Å²) >= 11 is 5.89. The van der Waals surface area contributed by atoms with Crippen molar-refractivity contribution in [2.75, 3.05) is 11.9 Å². The number of aliphatic hydroxyl groups is 1. The number of halogens is 1. The molecule has 4 aromatic rings. The average Bonchev–Trinajstić information content (AvgIpc) is 3.18. The quantitative estimate of drug-likeness (QED) is 0.401. The Kier molecular flexibility index (Phi) is 6.47. The lowest BCUT2D eigenvalue weighted by atomic mass is 10.3. The topological polar surface area (TPSA) is 116 Å². The van der Waals surface area contributed by atoms with Crippen LogP contribution in [0.1, 0.15) is 5.56 Å². The number of aliphatic hydroxyl groups excluding tert-OH is 1. The SMILES string of the molecule is Cn1c(=O)c2c(nc(NCc3cccnc3)n2C[C@@H](O)COc2ccc(Cl)cc2)n(C)c1=O. The molecular formula is C22H23ClN6O4. The minimum Gasteiger partial charge on any atom is -0.491 e. The lowest BCUT2D eigenvalue weighted by molar-refractivity contribution is 0.0938. The van der Waals surface area contributed by atoms with Crippen molar-refractivity contribution in [1.29, 1.82) is 0 Å². The summed E-state index contributed by atoms with van der Waals surface area (Å²) < 4.78 is 9.53. The molecule has 11 heteroatoms. The maximum absolute atomic E-state index is 12.9. The van der Waals surface area contributed by atoms with Crippen molar-refractivity contribution in [3.05, 3.63) is 80.2 Å². The molecule has 2 N–H and O–H groups in total. The molecule has 0 unspecified atom stereocenters. The van der Waals surface area contributed by atoms with E-state index in [0.29, 0.717) is 23.3 Å². The van der Waals surface area contributed by atoms with Crippen molar-refractivity contribution >= 4 is 28.7 Å². The van der Waals surface area contributed by atoms with E-state index in [1.807, 2.05) is 12.1 Å². The largest absolute Gasteiger partial charge is 0.491 e. The normalized spacial score (nSPS) is 12.1. The zero-order valence-electron chi connectivity index (χ0n) is 18.1. The monoisotopic (exact) mass is 470 g/mol. The van der Waals surface area contributed by atoms with Gasteiger partial charge in [0.25, 0.3) is 5.56 Å². The number of anilines is 1. The fraction of sp³-hybridized carbons (Fsp3) is 0.273. The summed E-state index contributed by atoms with van der Waals surface area (Å²) in [5.41, 5.74) is 0.356. The van der Waals surface area contributed by atoms with Gasteiger partial charge >= 0.3 is 5.69 Å². The summed E-state index contributed by atoms with van der Waals surface area (Å²) in [6.45, 7) is 0.394. The van der Waals surface area contributed by atoms with Crippen LogP contribution in [-0.4, -0.2) is 41.5 Å². The predicted octanol–water partition coefficient (Wildman–Crippen LogP) is 1.53. The second kappa shape index (κ2) is 9.47. The van der Waals surface area contributed by atoms with Gasteiger partial charge in [-0.2, -0.15) is 4.98 Å². The van der Waals surface area contributed by atoms with Crippen LogP contribution in [0.3, 0.4) is 0 Å². The first-order valence-electron chi connectivity index (χ1n) is 10.2. The predicted molar refractivity (Wildman–Crippen MR) is 125 cm³/mol. The van der Waals surface area contributed by atoms with Crippen molar-refractivity contribution in [2.45, 2.75) is 19.2 Å². The van der Waals surface area contributed by atoms with Crippen LogP contribution in [0.15, 0.2) is 58.4 Å². The van der Waals surface area contributed by atoms with Crippen LogP contribution in [0, 0.1) is 0 Å². The van der Waals surface area contributed by atoms with Gasteiger partial charge in [0.2, 0.25) is 5.95 Å². The number of pyridine rings is 1. The van der Waals surface area contributed by atoms with Gasteiger partial charge in [-0.05, 0) is 35.9 Å². The van der Waals surface area contributed by atoms with Gasteiger partial charge in [0, 0.05) is 38.1 Å². The highest BCUT2D eigenvalue weighted by atomic mass is 35.5. The van der Waals surface area contributed by atoms with Gasteiger partial charge in [-0.15, -0.1) is 0 Å². The number of hydrogen-bond acceptors (Lipinski definition) is 7. The van der Waals surface area contributed by atoms with Crippen LogP contribution in [0.2, 0.25) is 5.02 Å². The Labute approximate surface area is 193 Å². The summed E-state index contributed by atoms with van der Waals surface area (Å²) in [4.78, 5) is 33.9. The van der Waals surface area contributed by atoms with E-state index in [1.165, 1.54) is 11.6 Å². The molecule has 0 aliphatic heterocycles. The van der Waals surface area contributed by atoms with Crippen molar-refractivity contribution in [3.8, 4) is 5.75 Å². The van der Waals surface area contributed by atoms with Crippen LogP contribution in [0.4, 0.5) is 5.95 Å². The molecule has 0 spiro atoms.